The van der Waals surface area contributed by atoms with Gasteiger partial charge in [-0.3, -0.25) is 4.79 Å². The molecule has 0 aliphatic heterocycles. The number of carboxylic acid groups (broad SMARTS) is 1. The van der Waals surface area contributed by atoms with Crippen molar-refractivity contribution < 1.29 is 9.90 Å². The maximum absolute atomic E-state index is 10.1. The van der Waals surface area contributed by atoms with Crippen molar-refractivity contribution in [1.82, 2.24) is 0 Å². The Morgan fingerprint density at radius 1 is 1.36 bits per heavy atom. The number of hydrogen-bond donors (Lipinski definition) is 2. The van der Waals surface area contributed by atoms with E-state index in [1.165, 1.54) is 0 Å². The molecule has 0 aliphatic rings. The van der Waals surface area contributed by atoms with Crippen LogP contribution in [0.3, 0.4) is 0 Å². The second-order valence-corrected chi connectivity index (χ2v) is 2.60. The second kappa shape index (κ2) is 5.89. The molecule has 0 saturated carbocycles. The van der Waals surface area contributed by atoms with Gasteiger partial charge in [-0.25, -0.2) is 0 Å². The van der Waals surface area contributed by atoms with E-state index in [1.807, 2.05) is 0 Å². The standard InChI is InChI=1S/C8H15NO2/c1-2-3-4-7(9)5-6-8(10)11/h9H,2-6H2,1H3,(H,10,11). The summed E-state index contributed by atoms with van der Waals surface area (Å²) in [5, 5.41) is 15.6. The molecule has 0 aromatic rings. The van der Waals surface area contributed by atoms with Gasteiger partial charge in [-0.05, 0) is 19.3 Å². The Balaban J connectivity index is 3.30. The quantitative estimate of drug-likeness (QED) is 0.580. The zero-order valence-electron chi connectivity index (χ0n) is 6.89. The minimum absolute atomic E-state index is 0.0997. The van der Waals surface area contributed by atoms with Gasteiger partial charge in [0.1, 0.15) is 0 Å². The summed E-state index contributed by atoms with van der Waals surface area (Å²) in [4.78, 5) is 10.1. The topological polar surface area (TPSA) is 61.2 Å². The number of aliphatic carboxylic acids is 1. The van der Waals surface area contributed by atoms with Crippen molar-refractivity contribution in [3.63, 3.8) is 0 Å². The van der Waals surface area contributed by atoms with Crippen LogP contribution in [0.5, 0.6) is 0 Å². The zero-order chi connectivity index (χ0) is 8.69. The number of unbranched alkanes of at least 4 members (excludes halogenated alkanes) is 1. The average Bonchev–Trinajstić information content (AvgIpc) is 1.97. The first kappa shape index (κ1) is 10.1. The first-order valence-electron chi connectivity index (χ1n) is 3.95. The number of carbonyl (C=O) groups is 1. The lowest BCUT2D eigenvalue weighted by molar-refractivity contribution is -0.136. The zero-order valence-corrected chi connectivity index (χ0v) is 6.89. The van der Waals surface area contributed by atoms with Crippen LogP contribution in [-0.2, 0) is 4.79 Å². The van der Waals surface area contributed by atoms with Crippen molar-refractivity contribution in [2.24, 2.45) is 0 Å². The van der Waals surface area contributed by atoms with Gasteiger partial charge in [-0.1, -0.05) is 13.3 Å². The van der Waals surface area contributed by atoms with Crippen LogP contribution in [-0.4, -0.2) is 16.8 Å². The molecule has 0 aliphatic carbocycles. The Labute approximate surface area is 66.9 Å². The van der Waals surface area contributed by atoms with Crippen molar-refractivity contribution in [1.29, 1.82) is 5.41 Å². The summed E-state index contributed by atoms with van der Waals surface area (Å²) in [5.74, 6) is -0.814. The van der Waals surface area contributed by atoms with Crippen LogP contribution in [0.4, 0.5) is 0 Å². The molecule has 0 unspecified atom stereocenters. The van der Waals surface area contributed by atoms with E-state index in [0.717, 1.165) is 19.3 Å². The Kier molecular flexibility index (Phi) is 5.43. The summed E-state index contributed by atoms with van der Waals surface area (Å²) in [6, 6.07) is 0. The van der Waals surface area contributed by atoms with E-state index >= 15 is 0 Å². The minimum Gasteiger partial charge on any atom is -0.481 e. The fourth-order valence-electron chi connectivity index (χ4n) is 0.773. The third kappa shape index (κ3) is 7.03. The molecule has 3 heteroatoms. The number of hydrogen-bond acceptors (Lipinski definition) is 2. The predicted octanol–water partition coefficient (Wildman–Crippen LogP) is 2.06. The molecule has 0 rings (SSSR count). The highest BCUT2D eigenvalue weighted by Crippen LogP contribution is 2.01. The SMILES string of the molecule is CCCCC(=N)CCC(=O)O. The molecule has 0 saturated heterocycles. The highest BCUT2D eigenvalue weighted by Gasteiger charge is 2.00. The molecule has 0 heterocycles. The highest BCUT2D eigenvalue weighted by molar-refractivity contribution is 5.84. The van der Waals surface area contributed by atoms with Crippen LogP contribution < -0.4 is 0 Å². The largest absolute Gasteiger partial charge is 0.481 e. The Morgan fingerprint density at radius 3 is 2.45 bits per heavy atom. The van der Waals surface area contributed by atoms with Crippen molar-refractivity contribution >= 4 is 11.7 Å². The van der Waals surface area contributed by atoms with Crippen molar-refractivity contribution in [2.45, 2.75) is 39.0 Å². The van der Waals surface area contributed by atoms with E-state index in [1.54, 1.807) is 0 Å². The maximum Gasteiger partial charge on any atom is 0.303 e. The Morgan fingerprint density at radius 2 is 2.00 bits per heavy atom. The minimum atomic E-state index is -0.814. The van der Waals surface area contributed by atoms with E-state index in [9.17, 15) is 4.79 Å². The van der Waals surface area contributed by atoms with E-state index in [4.69, 9.17) is 10.5 Å². The van der Waals surface area contributed by atoms with Crippen LogP contribution in [0, 0.1) is 5.41 Å². The lowest BCUT2D eigenvalue weighted by atomic mass is 10.1. The number of rotatable bonds is 6. The molecule has 0 spiro atoms. The van der Waals surface area contributed by atoms with Crippen molar-refractivity contribution in [3.8, 4) is 0 Å². The first-order valence-corrected chi connectivity index (χ1v) is 3.95. The first-order chi connectivity index (χ1) is 5.16. The summed E-state index contributed by atoms with van der Waals surface area (Å²) < 4.78 is 0. The highest BCUT2D eigenvalue weighted by atomic mass is 16.4. The fraction of sp³-hybridized carbons (Fsp3) is 0.750. The molecule has 64 valence electrons. The molecule has 0 aromatic carbocycles. The Bertz CT molecular complexity index is 143. The monoisotopic (exact) mass is 157 g/mol. The van der Waals surface area contributed by atoms with E-state index in [0.29, 0.717) is 12.1 Å². The third-order valence-electron chi connectivity index (χ3n) is 1.47. The van der Waals surface area contributed by atoms with Gasteiger partial charge in [0.2, 0.25) is 0 Å². The molecule has 0 atom stereocenters. The van der Waals surface area contributed by atoms with Gasteiger partial charge in [0.05, 0.1) is 6.42 Å². The molecule has 0 aromatic heterocycles. The smallest absolute Gasteiger partial charge is 0.303 e. The summed E-state index contributed by atoms with van der Waals surface area (Å²) in [6.45, 7) is 2.06. The molecular weight excluding hydrogens is 142 g/mol. The van der Waals surface area contributed by atoms with Crippen LogP contribution in [0.2, 0.25) is 0 Å². The molecule has 0 amide bonds. The molecule has 2 N–H and O–H groups in total. The predicted molar refractivity (Wildman–Crippen MR) is 44.1 cm³/mol. The summed E-state index contributed by atoms with van der Waals surface area (Å²) in [7, 11) is 0. The molecule has 0 fully saturated rings. The fourth-order valence-corrected chi connectivity index (χ4v) is 0.773. The van der Waals surface area contributed by atoms with Crippen LogP contribution in [0.1, 0.15) is 39.0 Å². The lowest BCUT2D eigenvalue weighted by Gasteiger charge is -1.98. The van der Waals surface area contributed by atoms with E-state index in [-0.39, 0.29) is 6.42 Å². The molecular formula is C8H15NO2. The normalized spacial score (nSPS) is 9.55. The summed E-state index contributed by atoms with van der Waals surface area (Å²) in [6.07, 6.45) is 3.33. The maximum atomic E-state index is 10.1. The third-order valence-corrected chi connectivity index (χ3v) is 1.47. The Hall–Kier alpha value is -0.860. The summed E-state index contributed by atoms with van der Waals surface area (Å²) in [5.41, 5.74) is 0.564. The van der Waals surface area contributed by atoms with Gasteiger partial charge in [0, 0.05) is 5.71 Å². The van der Waals surface area contributed by atoms with E-state index < -0.39 is 5.97 Å². The van der Waals surface area contributed by atoms with Gasteiger partial charge in [-0.2, -0.15) is 0 Å². The van der Waals surface area contributed by atoms with Gasteiger partial charge in [0.25, 0.3) is 0 Å². The van der Waals surface area contributed by atoms with Gasteiger partial charge in [0.15, 0.2) is 0 Å². The van der Waals surface area contributed by atoms with Crippen molar-refractivity contribution in [2.75, 3.05) is 0 Å². The number of nitrogens with one attached hydrogen (secondary N) is 1. The molecule has 3 nitrogen and oxygen atoms in total. The molecule has 0 bridgehead atoms. The van der Waals surface area contributed by atoms with Crippen LogP contribution >= 0.6 is 0 Å². The summed E-state index contributed by atoms with van der Waals surface area (Å²) >= 11 is 0. The van der Waals surface area contributed by atoms with Crippen molar-refractivity contribution in [3.05, 3.63) is 0 Å². The van der Waals surface area contributed by atoms with Gasteiger partial charge in [-0.15, -0.1) is 0 Å². The van der Waals surface area contributed by atoms with Gasteiger partial charge < -0.3 is 10.5 Å². The molecule has 11 heavy (non-hydrogen) atoms. The van der Waals surface area contributed by atoms with E-state index in [2.05, 4.69) is 6.92 Å². The van der Waals surface area contributed by atoms with Crippen LogP contribution in [0.15, 0.2) is 0 Å². The average molecular weight is 157 g/mol. The van der Waals surface area contributed by atoms with Crippen LogP contribution in [0.25, 0.3) is 0 Å². The van der Waals surface area contributed by atoms with Gasteiger partial charge >= 0.3 is 5.97 Å². The molecule has 0 radical (unpaired) electrons. The number of carboxylic acids is 1. The lowest BCUT2D eigenvalue weighted by Crippen LogP contribution is -2.01. The second-order valence-electron chi connectivity index (χ2n) is 2.60.